The Bertz CT molecular complexity index is 634. The van der Waals surface area contributed by atoms with Gasteiger partial charge in [-0.05, 0) is 56.2 Å². The highest BCUT2D eigenvalue weighted by Gasteiger charge is 2.21. The monoisotopic (exact) mass is 358 g/mol. The Labute approximate surface area is 155 Å². The molecule has 0 saturated carbocycles. The smallest absolute Gasteiger partial charge is 0.237 e. The molecule has 4 heteroatoms. The van der Waals surface area contributed by atoms with Crippen LogP contribution in [-0.2, 0) is 11.2 Å². The molecule has 136 valence electrons. The predicted octanol–water partition coefficient (Wildman–Crippen LogP) is 4.68. The Kier molecular flexibility index (Phi) is 7.66. The third-order valence-corrected chi connectivity index (χ3v) is 5.14. The lowest BCUT2D eigenvalue weighted by Gasteiger charge is -2.23. The molecular weight excluding hydrogens is 328 g/mol. The Morgan fingerprint density at radius 2 is 1.84 bits per heavy atom. The van der Waals surface area contributed by atoms with E-state index in [2.05, 4.69) is 59.3 Å². The van der Waals surface area contributed by atoms with Crippen molar-refractivity contribution in [2.45, 2.75) is 65.1 Å². The van der Waals surface area contributed by atoms with E-state index in [9.17, 15) is 4.79 Å². The van der Waals surface area contributed by atoms with Crippen LogP contribution in [0.15, 0.2) is 41.8 Å². The number of unbranched alkanes of at least 4 members (excludes halogenated alkanes) is 1. The Morgan fingerprint density at radius 3 is 2.40 bits per heavy atom. The van der Waals surface area contributed by atoms with Gasteiger partial charge < -0.3 is 5.32 Å². The molecule has 0 aliphatic carbocycles. The van der Waals surface area contributed by atoms with E-state index in [0.29, 0.717) is 0 Å². The molecule has 2 atom stereocenters. The Hall–Kier alpha value is -1.65. The standard InChI is InChI=1S/C21H30N2OS/c1-5-6-8-17-10-12-18(13-11-17)20(19-9-7-14-25-19)23-16(4)21(24)22-15(2)3/h7,9-16,20,23H,5-6,8H2,1-4H3,(H,22,24)/t16-,20-/m0/s1. The molecule has 0 saturated heterocycles. The minimum atomic E-state index is -0.255. The second kappa shape index (κ2) is 9.73. The van der Waals surface area contributed by atoms with Crippen LogP contribution in [0.4, 0.5) is 0 Å². The fraction of sp³-hybridized carbons (Fsp3) is 0.476. The topological polar surface area (TPSA) is 41.1 Å². The molecule has 0 bridgehead atoms. The van der Waals surface area contributed by atoms with Gasteiger partial charge in [0.05, 0.1) is 12.1 Å². The lowest BCUT2D eigenvalue weighted by atomic mass is 10.0. The number of thiophene rings is 1. The maximum atomic E-state index is 12.3. The highest BCUT2D eigenvalue weighted by molar-refractivity contribution is 7.10. The van der Waals surface area contributed by atoms with E-state index in [-0.39, 0.29) is 24.0 Å². The SMILES string of the molecule is CCCCc1ccc([C@H](N[C@@H](C)C(=O)NC(C)C)c2cccs2)cc1. The fourth-order valence-corrected chi connectivity index (χ4v) is 3.60. The van der Waals surface area contributed by atoms with Gasteiger partial charge in [-0.2, -0.15) is 0 Å². The van der Waals surface area contributed by atoms with Gasteiger partial charge in [0.2, 0.25) is 5.91 Å². The molecule has 0 radical (unpaired) electrons. The summed E-state index contributed by atoms with van der Waals surface area (Å²) in [5.74, 6) is 0.0381. The molecule has 25 heavy (non-hydrogen) atoms. The molecule has 1 amide bonds. The number of aryl methyl sites for hydroxylation is 1. The zero-order valence-corrected chi connectivity index (χ0v) is 16.5. The summed E-state index contributed by atoms with van der Waals surface area (Å²) >= 11 is 1.72. The minimum Gasteiger partial charge on any atom is -0.353 e. The van der Waals surface area contributed by atoms with E-state index in [0.717, 1.165) is 6.42 Å². The van der Waals surface area contributed by atoms with Gasteiger partial charge in [-0.3, -0.25) is 10.1 Å². The van der Waals surface area contributed by atoms with Crippen molar-refractivity contribution in [3.05, 3.63) is 57.8 Å². The van der Waals surface area contributed by atoms with Crippen LogP contribution in [-0.4, -0.2) is 18.0 Å². The van der Waals surface area contributed by atoms with Crippen molar-refractivity contribution < 1.29 is 4.79 Å². The average molecular weight is 359 g/mol. The van der Waals surface area contributed by atoms with Crippen molar-refractivity contribution in [3.8, 4) is 0 Å². The third kappa shape index (κ3) is 5.98. The van der Waals surface area contributed by atoms with E-state index in [1.54, 1.807) is 11.3 Å². The van der Waals surface area contributed by atoms with Gasteiger partial charge >= 0.3 is 0 Å². The highest BCUT2D eigenvalue weighted by Crippen LogP contribution is 2.27. The van der Waals surface area contributed by atoms with Gasteiger partial charge in [0, 0.05) is 10.9 Å². The fourth-order valence-electron chi connectivity index (χ4n) is 2.79. The van der Waals surface area contributed by atoms with Gasteiger partial charge in [0.15, 0.2) is 0 Å². The number of hydrogen-bond acceptors (Lipinski definition) is 3. The first-order valence-corrected chi connectivity index (χ1v) is 10.1. The minimum absolute atomic E-state index is 0.0353. The van der Waals surface area contributed by atoms with E-state index >= 15 is 0 Å². The zero-order valence-electron chi connectivity index (χ0n) is 15.7. The first-order chi connectivity index (χ1) is 12.0. The summed E-state index contributed by atoms with van der Waals surface area (Å²) in [6, 6.07) is 12.9. The number of benzene rings is 1. The lowest BCUT2D eigenvalue weighted by Crippen LogP contribution is -2.45. The van der Waals surface area contributed by atoms with Gasteiger partial charge in [-0.15, -0.1) is 11.3 Å². The molecule has 0 aliphatic heterocycles. The summed E-state index contributed by atoms with van der Waals surface area (Å²) in [5, 5.41) is 8.56. The summed E-state index contributed by atoms with van der Waals surface area (Å²) in [6.07, 6.45) is 3.56. The maximum Gasteiger partial charge on any atom is 0.237 e. The van der Waals surface area contributed by atoms with Crippen LogP contribution in [0, 0.1) is 0 Å². The van der Waals surface area contributed by atoms with E-state index in [1.807, 2.05) is 20.8 Å². The summed E-state index contributed by atoms with van der Waals surface area (Å²) in [4.78, 5) is 13.5. The van der Waals surface area contributed by atoms with Crippen LogP contribution >= 0.6 is 11.3 Å². The molecule has 2 rings (SSSR count). The number of rotatable bonds is 9. The third-order valence-electron chi connectivity index (χ3n) is 4.20. The number of carbonyl (C=O) groups is 1. The van der Waals surface area contributed by atoms with Crippen molar-refractivity contribution in [1.82, 2.24) is 10.6 Å². The van der Waals surface area contributed by atoms with Crippen LogP contribution in [0.3, 0.4) is 0 Å². The molecule has 1 aromatic heterocycles. The molecule has 0 spiro atoms. The van der Waals surface area contributed by atoms with Crippen molar-refractivity contribution in [2.75, 3.05) is 0 Å². The highest BCUT2D eigenvalue weighted by atomic mass is 32.1. The van der Waals surface area contributed by atoms with Crippen molar-refractivity contribution in [2.24, 2.45) is 0 Å². The Balaban J connectivity index is 2.15. The Morgan fingerprint density at radius 1 is 1.12 bits per heavy atom. The molecular formula is C21H30N2OS. The largest absolute Gasteiger partial charge is 0.353 e. The molecule has 2 aromatic rings. The van der Waals surface area contributed by atoms with E-state index in [1.165, 1.54) is 28.8 Å². The van der Waals surface area contributed by atoms with Crippen LogP contribution in [0.2, 0.25) is 0 Å². The molecule has 0 fully saturated rings. The summed E-state index contributed by atoms with van der Waals surface area (Å²) in [6.45, 7) is 8.11. The number of hydrogen-bond donors (Lipinski definition) is 2. The van der Waals surface area contributed by atoms with Crippen LogP contribution < -0.4 is 10.6 Å². The van der Waals surface area contributed by atoms with Crippen molar-refractivity contribution in [3.63, 3.8) is 0 Å². The summed E-state index contributed by atoms with van der Waals surface area (Å²) < 4.78 is 0. The first kappa shape index (κ1) is 19.7. The molecule has 2 N–H and O–H groups in total. The molecule has 0 unspecified atom stereocenters. The van der Waals surface area contributed by atoms with E-state index < -0.39 is 0 Å². The van der Waals surface area contributed by atoms with Crippen molar-refractivity contribution in [1.29, 1.82) is 0 Å². The normalized spacial score (nSPS) is 13.6. The summed E-state index contributed by atoms with van der Waals surface area (Å²) in [5.41, 5.74) is 2.58. The molecule has 1 heterocycles. The van der Waals surface area contributed by atoms with Crippen LogP contribution in [0.25, 0.3) is 0 Å². The molecule has 1 aromatic carbocycles. The number of carbonyl (C=O) groups excluding carboxylic acids is 1. The second-order valence-electron chi connectivity index (χ2n) is 6.85. The number of amides is 1. The van der Waals surface area contributed by atoms with Gasteiger partial charge in [0.1, 0.15) is 0 Å². The van der Waals surface area contributed by atoms with Gasteiger partial charge in [-0.1, -0.05) is 43.7 Å². The molecule has 0 aliphatic rings. The summed E-state index contributed by atoms with van der Waals surface area (Å²) in [7, 11) is 0. The van der Waals surface area contributed by atoms with Crippen molar-refractivity contribution >= 4 is 17.2 Å². The predicted molar refractivity (Wildman–Crippen MR) is 107 cm³/mol. The zero-order chi connectivity index (χ0) is 18.2. The second-order valence-corrected chi connectivity index (χ2v) is 7.82. The molecule has 3 nitrogen and oxygen atoms in total. The number of nitrogens with one attached hydrogen (secondary N) is 2. The maximum absolute atomic E-state index is 12.3. The average Bonchev–Trinajstić information content (AvgIpc) is 3.12. The van der Waals surface area contributed by atoms with Crippen LogP contribution in [0.1, 0.15) is 62.6 Å². The van der Waals surface area contributed by atoms with E-state index in [4.69, 9.17) is 0 Å². The lowest BCUT2D eigenvalue weighted by molar-refractivity contribution is -0.123. The van der Waals surface area contributed by atoms with Gasteiger partial charge in [-0.25, -0.2) is 0 Å². The first-order valence-electron chi connectivity index (χ1n) is 9.20. The van der Waals surface area contributed by atoms with Gasteiger partial charge in [0.25, 0.3) is 0 Å². The quantitative estimate of drug-likeness (QED) is 0.683. The van der Waals surface area contributed by atoms with Crippen LogP contribution in [0.5, 0.6) is 0 Å².